The fourth-order valence-electron chi connectivity index (χ4n) is 0.714. The molecule has 0 bridgehead atoms. The van der Waals surface area contributed by atoms with E-state index in [9.17, 15) is 14.4 Å². The maximum absolute atomic E-state index is 10.3. The van der Waals surface area contributed by atoms with Crippen molar-refractivity contribution in [3.05, 3.63) is 0 Å². The van der Waals surface area contributed by atoms with Crippen LogP contribution in [-0.4, -0.2) is 92.6 Å². The Kier molecular flexibility index (Phi) is 10.9. The van der Waals surface area contributed by atoms with Gasteiger partial charge in [-0.3, -0.25) is 9.59 Å². The second kappa shape index (κ2) is 8.05. The van der Waals surface area contributed by atoms with Crippen LogP contribution in [0.25, 0.3) is 0 Å². The molecule has 0 aliphatic rings. The molecule has 0 rings (SSSR count). The number of aliphatic hydroxyl groups is 1. The van der Waals surface area contributed by atoms with Crippen molar-refractivity contribution in [3.63, 3.8) is 0 Å². The third kappa shape index (κ3) is 7.74. The van der Waals surface area contributed by atoms with Gasteiger partial charge in [-0.15, -0.1) is 0 Å². The Labute approximate surface area is 119 Å². The molecule has 6 radical (unpaired) electrons. The summed E-state index contributed by atoms with van der Waals surface area (Å²) in [6.45, 7) is 0. The molecule has 0 aromatic carbocycles. The predicted molar refractivity (Wildman–Crippen MR) is 48.6 cm³/mol. The molecular formula is C6H8CaO7Si. The standard InChI is InChI=1S/C6H8O7.Ca.Si/c7-3(8)1-6(13,5(11)12)2-4(9)10;;/h13H,1-2H2,(H,7,8)(H,9,10)(H,11,12);;. The van der Waals surface area contributed by atoms with Gasteiger partial charge in [0.2, 0.25) is 0 Å². The van der Waals surface area contributed by atoms with Gasteiger partial charge in [0.1, 0.15) is 0 Å². The van der Waals surface area contributed by atoms with Crippen LogP contribution < -0.4 is 0 Å². The summed E-state index contributed by atoms with van der Waals surface area (Å²) < 4.78 is 0. The number of carboxylic acid groups (broad SMARTS) is 3. The van der Waals surface area contributed by atoms with E-state index in [1.54, 1.807) is 0 Å². The smallest absolute Gasteiger partial charge is 0.336 e. The summed E-state index contributed by atoms with van der Waals surface area (Å²) in [7, 11) is 0. The number of hydrogen-bond donors (Lipinski definition) is 4. The van der Waals surface area contributed by atoms with Crippen molar-refractivity contribution in [2.75, 3.05) is 0 Å². The minimum atomic E-state index is -2.74. The summed E-state index contributed by atoms with van der Waals surface area (Å²) in [4.78, 5) is 30.5. The normalized spacial score (nSPS) is 9.40. The first-order valence-corrected chi connectivity index (χ1v) is 3.17. The van der Waals surface area contributed by atoms with Crippen molar-refractivity contribution < 1.29 is 34.8 Å². The summed E-state index contributed by atoms with van der Waals surface area (Å²) in [5.74, 6) is -5.02. The Balaban J connectivity index is -0.000000720. The van der Waals surface area contributed by atoms with Crippen LogP contribution >= 0.6 is 0 Å². The van der Waals surface area contributed by atoms with E-state index in [4.69, 9.17) is 20.4 Å². The second-order valence-corrected chi connectivity index (χ2v) is 2.48. The van der Waals surface area contributed by atoms with E-state index in [1.165, 1.54) is 0 Å². The minimum Gasteiger partial charge on any atom is -0.481 e. The van der Waals surface area contributed by atoms with E-state index >= 15 is 0 Å². The molecule has 7 nitrogen and oxygen atoms in total. The van der Waals surface area contributed by atoms with Crippen LogP contribution in [0.5, 0.6) is 0 Å². The molecule has 0 aromatic rings. The quantitative estimate of drug-likeness (QED) is 0.420. The number of aliphatic carboxylic acids is 3. The largest absolute Gasteiger partial charge is 0.481 e. The molecule has 0 heterocycles. The number of carbonyl (C=O) groups is 3. The van der Waals surface area contributed by atoms with Gasteiger partial charge in [0.15, 0.2) is 5.60 Å². The van der Waals surface area contributed by atoms with Gasteiger partial charge in [-0.25, -0.2) is 4.79 Å². The first-order chi connectivity index (χ1) is 5.78. The first kappa shape index (κ1) is 20.3. The van der Waals surface area contributed by atoms with Crippen LogP contribution in [0, 0.1) is 0 Å². The van der Waals surface area contributed by atoms with Crippen molar-refractivity contribution in [3.8, 4) is 0 Å². The molecule has 0 aliphatic heterocycles. The van der Waals surface area contributed by atoms with Crippen LogP contribution in [0.1, 0.15) is 12.8 Å². The van der Waals surface area contributed by atoms with E-state index < -0.39 is 36.4 Å². The molecule has 0 atom stereocenters. The topological polar surface area (TPSA) is 132 Å². The van der Waals surface area contributed by atoms with Crippen molar-refractivity contribution in [1.29, 1.82) is 0 Å². The van der Waals surface area contributed by atoms with Crippen molar-refractivity contribution in [1.82, 2.24) is 0 Å². The fraction of sp³-hybridized carbons (Fsp3) is 0.500. The van der Waals surface area contributed by atoms with E-state index in [-0.39, 0.29) is 48.7 Å². The van der Waals surface area contributed by atoms with Crippen molar-refractivity contribution in [2.45, 2.75) is 18.4 Å². The van der Waals surface area contributed by atoms with E-state index in [0.717, 1.165) is 0 Å². The number of hydrogen-bond acceptors (Lipinski definition) is 4. The Morgan fingerprint density at radius 1 is 0.933 bits per heavy atom. The average molecular weight is 260 g/mol. The molecule has 80 valence electrons. The van der Waals surface area contributed by atoms with Gasteiger partial charge < -0.3 is 20.4 Å². The Morgan fingerprint density at radius 2 is 1.20 bits per heavy atom. The Bertz CT molecular complexity index is 238. The zero-order valence-corrected chi connectivity index (χ0v) is 10.8. The van der Waals surface area contributed by atoms with Crippen molar-refractivity contribution in [2.24, 2.45) is 0 Å². The van der Waals surface area contributed by atoms with E-state index in [0.29, 0.717) is 0 Å². The maximum Gasteiger partial charge on any atom is 0.336 e. The first-order valence-electron chi connectivity index (χ1n) is 3.17. The molecule has 0 saturated heterocycles. The SMILES string of the molecule is O=C(O)CC(O)(CC(=O)O)C(=O)O.[Ca].[Si]. The van der Waals surface area contributed by atoms with Crippen LogP contribution in [0.3, 0.4) is 0 Å². The molecular weight excluding hydrogens is 252 g/mol. The summed E-state index contributed by atoms with van der Waals surface area (Å²) in [5, 5.41) is 33.8. The third-order valence-corrected chi connectivity index (χ3v) is 1.29. The summed E-state index contributed by atoms with van der Waals surface area (Å²) in [5.41, 5.74) is -2.74. The van der Waals surface area contributed by atoms with Crippen LogP contribution in [-0.2, 0) is 14.4 Å². The minimum absolute atomic E-state index is 0. The zero-order chi connectivity index (χ0) is 10.6. The number of rotatable bonds is 5. The van der Waals surface area contributed by atoms with Gasteiger partial charge in [-0.05, 0) is 0 Å². The second-order valence-electron chi connectivity index (χ2n) is 2.48. The Morgan fingerprint density at radius 3 is 1.33 bits per heavy atom. The molecule has 15 heavy (non-hydrogen) atoms. The van der Waals surface area contributed by atoms with E-state index in [2.05, 4.69) is 0 Å². The molecule has 0 aliphatic carbocycles. The Hall–Kier alpha value is -0.153. The maximum atomic E-state index is 10.3. The third-order valence-electron chi connectivity index (χ3n) is 1.29. The van der Waals surface area contributed by atoms with Gasteiger partial charge in [0.05, 0.1) is 12.8 Å². The summed E-state index contributed by atoms with van der Waals surface area (Å²) in [6.07, 6.45) is -2.29. The van der Waals surface area contributed by atoms with Gasteiger partial charge in [-0.1, -0.05) is 0 Å². The number of carboxylic acids is 3. The molecule has 0 saturated carbocycles. The average Bonchev–Trinajstić information content (AvgIpc) is 1.82. The van der Waals surface area contributed by atoms with E-state index in [1.807, 2.05) is 0 Å². The molecule has 0 unspecified atom stereocenters. The zero-order valence-electron chi connectivity index (χ0n) is 7.63. The van der Waals surface area contributed by atoms with Gasteiger partial charge in [0, 0.05) is 48.7 Å². The van der Waals surface area contributed by atoms with Crippen LogP contribution in [0.15, 0.2) is 0 Å². The van der Waals surface area contributed by atoms with Gasteiger partial charge >= 0.3 is 17.9 Å². The van der Waals surface area contributed by atoms with Gasteiger partial charge in [-0.2, -0.15) is 0 Å². The molecule has 0 fully saturated rings. The van der Waals surface area contributed by atoms with Gasteiger partial charge in [0.25, 0.3) is 0 Å². The van der Waals surface area contributed by atoms with Crippen molar-refractivity contribution >= 4 is 66.6 Å². The molecule has 0 aromatic heterocycles. The fourth-order valence-corrected chi connectivity index (χ4v) is 0.714. The summed E-state index contributed by atoms with van der Waals surface area (Å²) in [6, 6.07) is 0. The van der Waals surface area contributed by atoms with Crippen LogP contribution in [0.4, 0.5) is 0 Å². The molecule has 9 heteroatoms. The molecule has 0 spiro atoms. The van der Waals surface area contributed by atoms with Crippen LogP contribution in [0.2, 0.25) is 0 Å². The summed E-state index contributed by atoms with van der Waals surface area (Å²) >= 11 is 0. The molecule has 0 amide bonds. The molecule has 4 N–H and O–H groups in total. The predicted octanol–water partition coefficient (Wildman–Crippen LogP) is -2.01. The monoisotopic (exact) mass is 260 g/mol.